The van der Waals surface area contributed by atoms with Crippen LogP contribution in [0.15, 0.2) is 35.7 Å². The van der Waals surface area contributed by atoms with E-state index >= 15 is 0 Å². The molecule has 0 aliphatic heterocycles. The van der Waals surface area contributed by atoms with Gasteiger partial charge in [-0.05, 0) is 37.7 Å². The second-order valence-corrected chi connectivity index (χ2v) is 6.64. The van der Waals surface area contributed by atoms with E-state index in [0.29, 0.717) is 12.2 Å². The molecule has 0 radical (unpaired) electrons. The van der Waals surface area contributed by atoms with Crippen LogP contribution in [0.3, 0.4) is 0 Å². The highest BCUT2D eigenvalue weighted by Gasteiger charge is 2.17. The van der Waals surface area contributed by atoms with E-state index in [2.05, 4.69) is 10.6 Å². The van der Waals surface area contributed by atoms with Crippen molar-refractivity contribution in [1.82, 2.24) is 10.2 Å². The molecule has 2 aromatic rings. The zero-order valence-corrected chi connectivity index (χ0v) is 14.7. The first-order valence-electron chi connectivity index (χ1n) is 7.07. The third-order valence-corrected chi connectivity index (χ3v) is 4.64. The van der Waals surface area contributed by atoms with E-state index in [9.17, 15) is 14.9 Å². The Hall–Kier alpha value is -2.16. The van der Waals surface area contributed by atoms with Crippen LogP contribution in [0, 0.1) is 10.1 Å². The standard InChI is InChI=1S/C15H17ClN4O3S/c1-19(2)13(14-4-3-7-24-14)9-17-15(21)18-10-5-6-11(16)12(8-10)20(22)23/h3-8,13H,9H2,1-2H3,(H2,17,18,21)/t13-/m1/s1. The summed E-state index contributed by atoms with van der Waals surface area (Å²) in [6.45, 7) is 0.412. The van der Waals surface area contributed by atoms with E-state index in [4.69, 9.17) is 11.6 Å². The molecule has 1 atom stereocenters. The van der Waals surface area contributed by atoms with Crippen LogP contribution in [-0.2, 0) is 0 Å². The summed E-state index contributed by atoms with van der Waals surface area (Å²) in [4.78, 5) is 25.5. The molecule has 0 bridgehead atoms. The molecule has 0 aliphatic rings. The summed E-state index contributed by atoms with van der Waals surface area (Å²) in [5.41, 5.74) is 0.0559. The summed E-state index contributed by atoms with van der Waals surface area (Å²) in [6.07, 6.45) is 0. The average molecular weight is 369 g/mol. The first-order valence-corrected chi connectivity index (χ1v) is 8.33. The first kappa shape index (κ1) is 18.2. The number of nitrogens with zero attached hydrogens (tertiary/aromatic N) is 2. The maximum absolute atomic E-state index is 12.0. The van der Waals surface area contributed by atoms with E-state index in [1.165, 1.54) is 18.2 Å². The molecule has 0 aliphatic carbocycles. The number of carbonyl (C=O) groups excluding carboxylic acids is 1. The minimum absolute atomic E-state index is 0.0244. The van der Waals surface area contributed by atoms with Crippen molar-refractivity contribution in [3.63, 3.8) is 0 Å². The van der Waals surface area contributed by atoms with E-state index in [0.717, 1.165) is 4.88 Å². The molecule has 9 heteroatoms. The molecule has 0 unspecified atom stereocenters. The average Bonchev–Trinajstić information content (AvgIpc) is 3.03. The zero-order valence-electron chi connectivity index (χ0n) is 13.2. The molecule has 7 nitrogen and oxygen atoms in total. The van der Waals surface area contributed by atoms with Gasteiger partial charge in [0.1, 0.15) is 5.02 Å². The Kier molecular flexibility index (Phi) is 6.13. The van der Waals surface area contributed by atoms with Crippen molar-refractivity contribution in [3.8, 4) is 0 Å². The maximum atomic E-state index is 12.0. The number of anilines is 1. The second-order valence-electron chi connectivity index (χ2n) is 5.25. The minimum Gasteiger partial charge on any atom is -0.336 e. The van der Waals surface area contributed by atoms with Crippen LogP contribution in [0.2, 0.25) is 5.02 Å². The topological polar surface area (TPSA) is 87.5 Å². The van der Waals surface area contributed by atoms with Crippen LogP contribution < -0.4 is 10.6 Å². The molecule has 0 saturated heterocycles. The molecule has 1 aromatic carbocycles. The van der Waals surface area contributed by atoms with Crippen LogP contribution in [0.5, 0.6) is 0 Å². The van der Waals surface area contributed by atoms with Gasteiger partial charge in [0.15, 0.2) is 0 Å². The van der Waals surface area contributed by atoms with Gasteiger partial charge in [0.25, 0.3) is 5.69 Å². The lowest BCUT2D eigenvalue weighted by Crippen LogP contribution is -2.36. The molecule has 0 fully saturated rings. The van der Waals surface area contributed by atoms with E-state index in [1.54, 1.807) is 11.3 Å². The fraction of sp³-hybridized carbons (Fsp3) is 0.267. The van der Waals surface area contributed by atoms with Crippen LogP contribution >= 0.6 is 22.9 Å². The number of thiophene rings is 1. The Morgan fingerprint density at radius 2 is 2.17 bits per heavy atom. The number of nitro benzene ring substituents is 1. The molecule has 24 heavy (non-hydrogen) atoms. The molecule has 1 heterocycles. The Morgan fingerprint density at radius 3 is 2.75 bits per heavy atom. The van der Waals surface area contributed by atoms with Crippen LogP contribution in [-0.4, -0.2) is 36.5 Å². The van der Waals surface area contributed by atoms with Crippen molar-refractivity contribution in [2.45, 2.75) is 6.04 Å². The molecular formula is C15H17ClN4O3S. The quantitative estimate of drug-likeness (QED) is 0.600. The van der Waals surface area contributed by atoms with E-state index in [-0.39, 0.29) is 16.8 Å². The highest BCUT2D eigenvalue weighted by molar-refractivity contribution is 7.10. The summed E-state index contributed by atoms with van der Waals surface area (Å²) in [5.74, 6) is 0. The van der Waals surface area contributed by atoms with Crippen molar-refractivity contribution >= 4 is 40.3 Å². The minimum atomic E-state index is -0.593. The fourth-order valence-corrected chi connectivity index (χ4v) is 3.22. The van der Waals surface area contributed by atoms with E-state index < -0.39 is 11.0 Å². The monoisotopic (exact) mass is 368 g/mol. The third kappa shape index (κ3) is 4.67. The smallest absolute Gasteiger partial charge is 0.319 e. The van der Waals surface area contributed by atoms with Gasteiger partial charge >= 0.3 is 6.03 Å². The van der Waals surface area contributed by atoms with Gasteiger partial charge in [0, 0.05) is 23.2 Å². The van der Waals surface area contributed by atoms with Gasteiger partial charge in [-0.1, -0.05) is 17.7 Å². The number of urea groups is 1. The van der Waals surface area contributed by atoms with Gasteiger partial charge in [-0.25, -0.2) is 4.79 Å². The lowest BCUT2D eigenvalue weighted by molar-refractivity contribution is -0.384. The van der Waals surface area contributed by atoms with Gasteiger partial charge in [0.2, 0.25) is 0 Å². The van der Waals surface area contributed by atoms with Gasteiger partial charge in [0.05, 0.1) is 11.0 Å². The first-order chi connectivity index (χ1) is 11.4. The Labute approximate surface area is 148 Å². The Bertz CT molecular complexity index is 722. The predicted octanol–water partition coefficient (Wildman–Crippen LogP) is 3.73. The number of carbonyl (C=O) groups is 1. The van der Waals surface area contributed by atoms with Crippen molar-refractivity contribution in [2.75, 3.05) is 26.0 Å². The molecule has 2 rings (SSSR count). The SMILES string of the molecule is CN(C)[C@H](CNC(=O)Nc1ccc(Cl)c([N+](=O)[O-])c1)c1cccs1. The number of amides is 2. The summed E-state index contributed by atoms with van der Waals surface area (Å²) in [7, 11) is 3.87. The largest absolute Gasteiger partial charge is 0.336 e. The molecule has 2 amide bonds. The van der Waals surface area contributed by atoms with Crippen molar-refractivity contribution < 1.29 is 9.72 Å². The van der Waals surface area contributed by atoms with E-state index in [1.807, 2.05) is 36.5 Å². The van der Waals surface area contributed by atoms with Gasteiger partial charge in [-0.15, -0.1) is 11.3 Å². The maximum Gasteiger partial charge on any atom is 0.319 e. The number of halogens is 1. The molecule has 0 spiro atoms. The van der Waals surface area contributed by atoms with Crippen LogP contribution in [0.1, 0.15) is 10.9 Å². The Morgan fingerprint density at radius 1 is 1.42 bits per heavy atom. The fourth-order valence-electron chi connectivity index (χ4n) is 2.11. The number of nitrogens with one attached hydrogen (secondary N) is 2. The molecule has 128 valence electrons. The van der Waals surface area contributed by atoms with Crippen molar-refractivity contribution in [1.29, 1.82) is 0 Å². The number of benzene rings is 1. The second kappa shape index (κ2) is 8.09. The molecule has 2 N–H and O–H groups in total. The number of likely N-dealkylation sites (N-methyl/N-ethyl adjacent to an activating group) is 1. The lowest BCUT2D eigenvalue weighted by Gasteiger charge is -2.23. The Balaban J connectivity index is 1.98. The molecular weight excluding hydrogens is 352 g/mol. The summed E-state index contributed by atoms with van der Waals surface area (Å²) in [5, 5.41) is 18.2. The summed E-state index contributed by atoms with van der Waals surface area (Å²) < 4.78 is 0. The number of rotatable bonds is 6. The van der Waals surface area contributed by atoms with Crippen molar-refractivity contribution in [2.24, 2.45) is 0 Å². The van der Waals surface area contributed by atoms with Gasteiger partial charge in [-0.3, -0.25) is 10.1 Å². The molecule has 0 saturated carbocycles. The van der Waals surface area contributed by atoms with Crippen LogP contribution in [0.4, 0.5) is 16.2 Å². The van der Waals surface area contributed by atoms with Gasteiger partial charge in [-0.2, -0.15) is 0 Å². The normalized spacial score (nSPS) is 12.0. The van der Waals surface area contributed by atoms with Gasteiger partial charge < -0.3 is 15.5 Å². The summed E-state index contributed by atoms with van der Waals surface area (Å²) >= 11 is 7.37. The lowest BCUT2D eigenvalue weighted by atomic mass is 10.2. The third-order valence-electron chi connectivity index (χ3n) is 3.35. The zero-order chi connectivity index (χ0) is 17.7. The number of hydrogen-bond donors (Lipinski definition) is 2. The highest BCUT2D eigenvalue weighted by atomic mass is 35.5. The predicted molar refractivity (Wildman–Crippen MR) is 95.9 cm³/mol. The van der Waals surface area contributed by atoms with Crippen LogP contribution in [0.25, 0.3) is 0 Å². The number of nitro groups is 1. The molecule has 1 aromatic heterocycles. The van der Waals surface area contributed by atoms with Crippen molar-refractivity contribution in [3.05, 3.63) is 55.7 Å². The number of hydrogen-bond acceptors (Lipinski definition) is 5. The highest BCUT2D eigenvalue weighted by Crippen LogP contribution is 2.27. The summed E-state index contributed by atoms with van der Waals surface area (Å²) in [6, 6.07) is 7.71.